The van der Waals surface area contributed by atoms with Crippen molar-refractivity contribution in [3.05, 3.63) is 29.8 Å². The van der Waals surface area contributed by atoms with Crippen LogP contribution >= 0.6 is 0 Å². The predicted octanol–water partition coefficient (Wildman–Crippen LogP) is 0.367. The Labute approximate surface area is 118 Å². The third-order valence-electron chi connectivity index (χ3n) is 3.49. The second kappa shape index (κ2) is 5.90. The van der Waals surface area contributed by atoms with Crippen molar-refractivity contribution in [1.82, 2.24) is 4.72 Å². The zero-order chi connectivity index (χ0) is 14.8. The van der Waals surface area contributed by atoms with Gasteiger partial charge < -0.3 is 10.8 Å². The van der Waals surface area contributed by atoms with Crippen LogP contribution < -0.4 is 10.5 Å². The lowest BCUT2D eigenvalue weighted by atomic mass is 9.93. The number of nitrogens with two attached hydrogens (primary N) is 1. The maximum absolute atomic E-state index is 12.2. The van der Waals surface area contributed by atoms with E-state index >= 15 is 0 Å². The van der Waals surface area contributed by atoms with Crippen LogP contribution in [0.15, 0.2) is 29.2 Å². The van der Waals surface area contributed by atoms with Crippen molar-refractivity contribution in [1.29, 1.82) is 0 Å². The average Bonchev–Trinajstić information content (AvgIpc) is 2.41. The Morgan fingerprint density at radius 3 is 2.35 bits per heavy atom. The van der Waals surface area contributed by atoms with Crippen molar-refractivity contribution in [2.75, 3.05) is 0 Å². The summed E-state index contributed by atoms with van der Waals surface area (Å²) in [4.78, 5) is 11.0. The van der Waals surface area contributed by atoms with Gasteiger partial charge in [0.1, 0.15) is 0 Å². The van der Waals surface area contributed by atoms with Gasteiger partial charge in [-0.1, -0.05) is 12.8 Å². The quantitative estimate of drug-likeness (QED) is 0.745. The van der Waals surface area contributed by atoms with Crippen molar-refractivity contribution >= 4 is 15.9 Å². The normalized spacial score (nSPS) is 23.4. The molecule has 1 aromatic carbocycles. The molecule has 2 unspecified atom stereocenters. The largest absolute Gasteiger partial charge is 0.391 e. The van der Waals surface area contributed by atoms with E-state index in [0.717, 1.165) is 12.8 Å². The first kappa shape index (κ1) is 15.0. The molecule has 2 rings (SSSR count). The minimum atomic E-state index is -3.70. The lowest BCUT2D eigenvalue weighted by Crippen LogP contribution is -2.44. The van der Waals surface area contributed by atoms with Crippen LogP contribution in [0.25, 0.3) is 0 Å². The van der Waals surface area contributed by atoms with Gasteiger partial charge in [0, 0.05) is 11.6 Å². The van der Waals surface area contributed by atoms with E-state index in [-0.39, 0.29) is 10.5 Å². The van der Waals surface area contributed by atoms with Crippen molar-refractivity contribution in [2.45, 2.75) is 42.7 Å². The fourth-order valence-corrected chi connectivity index (χ4v) is 3.62. The van der Waals surface area contributed by atoms with Crippen LogP contribution in [-0.4, -0.2) is 31.6 Å². The number of benzene rings is 1. The minimum absolute atomic E-state index is 0.0558. The molecule has 1 amide bonds. The summed E-state index contributed by atoms with van der Waals surface area (Å²) in [6.45, 7) is 0. The van der Waals surface area contributed by atoms with Gasteiger partial charge in [0.05, 0.1) is 11.0 Å². The molecule has 0 aliphatic heterocycles. The number of nitrogens with one attached hydrogen (secondary N) is 1. The Morgan fingerprint density at radius 1 is 1.20 bits per heavy atom. The Balaban J connectivity index is 2.15. The van der Waals surface area contributed by atoms with Gasteiger partial charge in [0.25, 0.3) is 0 Å². The Hall–Kier alpha value is -1.44. The molecule has 1 aliphatic carbocycles. The molecular weight excluding hydrogens is 280 g/mol. The van der Waals surface area contributed by atoms with Gasteiger partial charge in [-0.05, 0) is 37.1 Å². The second-order valence-corrected chi connectivity index (χ2v) is 6.68. The molecule has 0 radical (unpaired) electrons. The Kier molecular flexibility index (Phi) is 4.42. The fourth-order valence-electron chi connectivity index (χ4n) is 2.31. The molecule has 0 spiro atoms. The second-order valence-electron chi connectivity index (χ2n) is 4.97. The van der Waals surface area contributed by atoms with Crippen molar-refractivity contribution in [3.63, 3.8) is 0 Å². The zero-order valence-electron chi connectivity index (χ0n) is 11.0. The van der Waals surface area contributed by atoms with Crippen LogP contribution in [0.1, 0.15) is 36.0 Å². The molecule has 1 fully saturated rings. The first-order chi connectivity index (χ1) is 9.40. The molecule has 1 aromatic rings. The molecule has 20 heavy (non-hydrogen) atoms. The molecule has 7 heteroatoms. The van der Waals surface area contributed by atoms with Crippen LogP contribution in [0.5, 0.6) is 0 Å². The average molecular weight is 298 g/mol. The van der Waals surface area contributed by atoms with E-state index in [1.807, 2.05) is 0 Å². The van der Waals surface area contributed by atoms with E-state index in [9.17, 15) is 18.3 Å². The highest BCUT2D eigenvalue weighted by Crippen LogP contribution is 2.20. The van der Waals surface area contributed by atoms with Crippen LogP contribution in [0.4, 0.5) is 0 Å². The van der Waals surface area contributed by atoms with E-state index in [0.29, 0.717) is 12.8 Å². The molecule has 0 bridgehead atoms. The Bertz CT molecular complexity index is 583. The minimum Gasteiger partial charge on any atom is -0.391 e. The first-order valence-electron chi connectivity index (χ1n) is 6.50. The number of carbonyl (C=O) groups is 1. The monoisotopic (exact) mass is 298 g/mol. The van der Waals surface area contributed by atoms with Gasteiger partial charge in [0.2, 0.25) is 15.9 Å². The number of aliphatic hydroxyl groups excluding tert-OH is 1. The highest BCUT2D eigenvalue weighted by atomic mass is 32.2. The maximum atomic E-state index is 12.2. The molecule has 4 N–H and O–H groups in total. The zero-order valence-corrected chi connectivity index (χ0v) is 11.8. The van der Waals surface area contributed by atoms with E-state index in [4.69, 9.17) is 5.73 Å². The van der Waals surface area contributed by atoms with Crippen LogP contribution in [0.3, 0.4) is 0 Å². The van der Waals surface area contributed by atoms with Gasteiger partial charge in [-0.25, -0.2) is 13.1 Å². The third kappa shape index (κ3) is 3.36. The Morgan fingerprint density at radius 2 is 1.80 bits per heavy atom. The topological polar surface area (TPSA) is 109 Å². The van der Waals surface area contributed by atoms with Gasteiger partial charge in [-0.15, -0.1) is 0 Å². The van der Waals surface area contributed by atoms with Gasteiger partial charge >= 0.3 is 0 Å². The highest BCUT2D eigenvalue weighted by molar-refractivity contribution is 7.89. The van der Waals surface area contributed by atoms with Crippen molar-refractivity contribution in [3.8, 4) is 0 Å². The molecule has 1 aliphatic rings. The lowest BCUT2D eigenvalue weighted by Gasteiger charge is -2.28. The molecule has 6 nitrogen and oxygen atoms in total. The van der Waals surface area contributed by atoms with Crippen LogP contribution in [0.2, 0.25) is 0 Å². The summed E-state index contributed by atoms with van der Waals surface area (Å²) in [6.07, 6.45) is 2.38. The summed E-state index contributed by atoms with van der Waals surface area (Å²) in [7, 11) is -3.70. The summed E-state index contributed by atoms with van der Waals surface area (Å²) in [5, 5.41) is 9.81. The maximum Gasteiger partial charge on any atom is 0.248 e. The molecule has 0 heterocycles. The molecular formula is C13H18N2O4S. The number of amides is 1. The van der Waals surface area contributed by atoms with Crippen LogP contribution in [0, 0.1) is 0 Å². The highest BCUT2D eigenvalue weighted by Gasteiger charge is 2.28. The lowest BCUT2D eigenvalue weighted by molar-refractivity contribution is 0.1000. The van der Waals surface area contributed by atoms with Crippen LogP contribution in [-0.2, 0) is 10.0 Å². The smallest absolute Gasteiger partial charge is 0.248 e. The summed E-state index contributed by atoms with van der Waals surface area (Å²) >= 11 is 0. The summed E-state index contributed by atoms with van der Waals surface area (Å²) < 4.78 is 26.9. The molecule has 0 aromatic heterocycles. The summed E-state index contributed by atoms with van der Waals surface area (Å²) in [6, 6.07) is 4.95. The molecule has 2 atom stereocenters. The number of hydrogen-bond acceptors (Lipinski definition) is 4. The van der Waals surface area contributed by atoms with Crippen molar-refractivity contribution in [2.24, 2.45) is 5.73 Å². The third-order valence-corrected chi connectivity index (χ3v) is 4.99. The molecule has 110 valence electrons. The first-order valence-corrected chi connectivity index (χ1v) is 7.99. The number of sulfonamides is 1. The number of rotatable bonds is 4. The number of primary amides is 1. The molecule has 1 saturated carbocycles. The van der Waals surface area contributed by atoms with E-state index in [2.05, 4.69) is 4.72 Å². The SMILES string of the molecule is NC(=O)c1ccc(S(=O)(=O)NC2CCCCC2O)cc1. The van der Waals surface area contributed by atoms with Gasteiger partial charge in [-0.3, -0.25) is 4.79 Å². The number of carbonyl (C=O) groups excluding carboxylic acids is 1. The number of hydrogen-bond donors (Lipinski definition) is 3. The van der Waals surface area contributed by atoms with Crippen molar-refractivity contribution < 1.29 is 18.3 Å². The summed E-state index contributed by atoms with van der Waals surface area (Å²) in [5.41, 5.74) is 5.35. The predicted molar refractivity (Wildman–Crippen MR) is 73.5 cm³/mol. The van der Waals surface area contributed by atoms with Gasteiger partial charge in [0.15, 0.2) is 0 Å². The fraction of sp³-hybridized carbons (Fsp3) is 0.462. The molecule has 0 saturated heterocycles. The van der Waals surface area contributed by atoms with E-state index in [1.54, 1.807) is 0 Å². The van der Waals surface area contributed by atoms with Gasteiger partial charge in [-0.2, -0.15) is 0 Å². The van der Waals surface area contributed by atoms with E-state index in [1.165, 1.54) is 24.3 Å². The summed E-state index contributed by atoms with van der Waals surface area (Å²) in [5.74, 6) is -0.607. The standard InChI is InChI=1S/C13H18N2O4S/c14-13(17)9-5-7-10(8-6-9)20(18,19)15-11-3-1-2-4-12(11)16/h5-8,11-12,15-16H,1-4H2,(H2,14,17). The van der Waals surface area contributed by atoms with E-state index < -0.39 is 28.1 Å². The number of aliphatic hydroxyl groups is 1.